The van der Waals surface area contributed by atoms with Crippen LogP contribution in [-0.4, -0.2) is 58.5 Å². The van der Waals surface area contributed by atoms with Crippen molar-refractivity contribution >= 4 is 35.1 Å². The first-order valence-corrected chi connectivity index (χ1v) is 9.33. The van der Waals surface area contributed by atoms with Gasteiger partial charge < -0.3 is 14.8 Å². The summed E-state index contributed by atoms with van der Waals surface area (Å²) in [4.78, 5) is 30.6. The van der Waals surface area contributed by atoms with Crippen LogP contribution in [0.5, 0.6) is 0 Å². The van der Waals surface area contributed by atoms with Crippen molar-refractivity contribution in [1.82, 2.24) is 19.9 Å². The molecular weight excluding hydrogens is 386 g/mol. The first-order chi connectivity index (χ1) is 13.1. The Balaban J connectivity index is 1.90. The van der Waals surface area contributed by atoms with Gasteiger partial charge in [0, 0.05) is 20.2 Å². The number of nitrogens with one attached hydrogen (secondary N) is 1. The Labute approximate surface area is 167 Å². The largest absolute Gasteiger partial charge is 0.443 e. The van der Waals surface area contributed by atoms with Crippen molar-refractivity contribution in [1.29, 1.82) is 0 Å². The molecule has 28 heavy (non-hydrogen) atoms. The Kier molecular flexibility index (Phi) is 5.49. The quantitative estimate of drug-likeness (QED) is 0.779. The zero-order valence-electron chi connectivity index (χ0n) is 16.5. The van der Waals surface area contributed by atoms with Crippen molar-refractivity contribution in [3.63, 3.8) is 0 Å². The number of methoxy groups -OCH3 is 1. The molecule has 0 radical (unpaired) electrons. The van der Waals surface area contributed by atoms with E-state index in [9.17, 15) is 9.59 Å². The topological polar surface area (TPSA) is 98.1 Å². The van der Waals surface area contributed by atoms with Gasteiger partial charge in [-0.25, -0.2) is 9.78 Å². The molecule has 0 saturated heterocycles. The summed E-state index contributed by atoms with van der Waals surface area (Å²) in [6.45, 7) is 5.33. The second-order valence-corrected chi connectivity index (χ2v) is 8.09. The lowest BCUT2D eigenvalue weighted by molar-refractivity contribution is 0.00732. The van der Waals surface area contributed by atoms with Crippen molar-refractivity contribution in [3.8, 4) is 0 Å². The molecule has 1 saturated carbocycles. The summed E-state index contributed by atoms with van der Waals surface area (Å²) >= 11 is 6.15. The highest BCUT2D eigenvalue weighted by Gasteiger charge is 2.33. The first kappa shape index (κ1) is 20.3. The number of rotatable bonds is 4. The van der Waals surface area contributed by atoms with Crippen LogP contribution < -0.4 is 10.2 Å². The summed E-state index contributed by atoms with van der Waals surface area (Å²) in [6, 6.07) is 1.44. The van der Waals surface area contributed by atoms with Crippen LogP contribution in [0.2, 0.25) is 5.15 Å². The molecule has 3 rings (SSSR count). The van der Waals surface area contributed by atoms with Crippen molar-refractivity contribution < 1.29 is 19.1 Å². The summed E-state index contributed by atoms with van der Waals surface area (Å²) in [5, 5.41) is 7.28. The van der Waals surface area contributed by atoms with Gasteiger partial charge in [0.15, 0.2) is 5.65 Å². The van der Waals surface area contributed by atoms with Crippen LogP contribution in [0.3, 0.4) is 0 Å². The molecule has 152 valence electrons. The number of carbonyl (C=O) groups excluding carboxylic acids is 2. The maximum Gasteiger partial charge on any atom is 0.415 e. The van der Waals surface area contributed by atoms with E-state index >= 15 is 0 Å². The van der Waals surface area contributed by atoms with Crippen LogP contribution in [-0.2, 0) is 9.47 Å². The second-order valence-electron chi connectivity index (χ2n) is 7.70. The van der Waals surface area contributed by atoms with E-state index in [-0.39, 0.29) is 34.4 Å². The van der Waals surface area contributed by atoms with E-state index in [1.54, 1.807) is 27.9 Å². The third-order valence-electron chi connectivity index (χ3n) is 4.51. The molecule has 1 fully saturated rings. The Morgan fingerprint density at radius 1 is 1.36 bits per heavy atom. The van der Waals surface area contributed by atoms with E-state index in [2.05, 4.69) is 15.4 Å². The van der Waals surface area contributed by atoms with Gasteiger partial charge in [0.05, 0.1) is 18.3 Å². The molecule has 9 nitrogen and oxygen atoms in total. The van der Waals surface area contributed by atoms with E-state index in [4.69, 9.17) is 21.1 Å². The smallest absolute Gasteiger partial charge is 0.415 e. The van der Waals surface area contributed by atoms with Crippen LogP contribution in [0.15, 0.2) is 12.3 Å². The minimum atomic E-state index is -0.656. The summed E-state index contributed by atoms with van der Waals surface area (Å²) in [5.41, 5.74) is -0.135. The van der Waals surface area contributed by atoms with Gasteiger partial charge in [-0.15, -0.1) is 0 Å². The van der Waals surface area contributed by atoms with Crippen LogP contribution in [0.4, 0.5) is 10.6 Å². The zero-order chi connectivity index (χ0) is 20.6. The summed E-state index contributed by atoms with van der Waals surface area (Å²) in [6.07, 6.45) is 2.60. The van der Waals surface area contributed by atoms with Crippen LogP contribution in [0, 0.1) is 0 Å². The van der Waals surface area contributed by atoms with E-state index < -0.39 is 11.7 Å². The van der Waals surface area contributed by atoms with Gasteiger partial charge in [-0.3, -0.25) is 9.69 Å². The number of amides is 2. The van der Waals surface area contributed by atoms with Crippen LogP contribution in [0.1, 0.15) is 44.0 Å². The number of carbonyl (C=O) groups is 2. The number of hydrogen-bond donors (Lipinski definition) is 1. The molecule has 2 amide bonds. The van der Waals surface area contributed by atoms with Gasteiger partial charge >= 0.3 is 6.09 Å². The Hall–Kier alpha value is -2.39. The number of hydrogen-bond acceptors (Lipinski definition) is 6. The molecule has 10 heteroatoms. The number of ether oxygens (including phenoxy) is 2. The zero-order valence-corrected chi connectivity index (χ0v) is 17.3. The van der Waals surface area contributed by atoms with E-state index in [0.29, 0.717) is 5.82 Å². The van der Waals surface area contributed by atoms with E-state index in [1.807, 2.05) is 0 Å². The van der Waals surface area contributed by atoms with Crippen LogP contribution >= 0.6 is 11.6 Å². The molecular formula is C18H24ClN5O4. The Morgan fingerprint density at radius 2 is 2.07 bits per heavy atom. The molecule has 2 atom stereocenters. The van der Waals surface area contributed by atoms with Gasteiger partial charge in [0.1, 0.15) is 22.1 Å². The predicted molar refractivity (Wildman–Crippen MR) is 104 cm³/mol. The molecule has 0 unspecified atom stereocenters. The molecule has 1 N–H and O–H groups in total. The monoisotopic (exact) mass is 409 g/mol. The van der Waals surface area contributed by atoms with Gasteiger partial charge in [-0.05, 0) is 33.6 Å². The lowest BCUT2D eigenvalue weighted by Gasteiger charge is -2.35. The van der Waals surface area contributed by atoms with Crippen molar-refractivity contribution in [3.05, 3.63) is 23.0 Å². The molecule has 1 aliphatic rings. The minimum Gasteiger partial charge on any atom is -0.443 e. The van der Waals surface area contributed by atoms with E-state index in [0.717, 1.165) is 12.8 Å². The van der Waals surface area contributed by atoms with Crippen molar-refractivity contribution in [2.24, 2.45) is 0 Å². The van der Waals surface area contributed by atoms with Gasteiger partial charge in [-0.1, -0.05) is 11.6 Å². The van der Waals surface area contributed by atoms with Crippen LogP contribution in [0.25, 0.3) is 5.65 Å². The van der Waals surface area contributed by atoms with Gasteiger partial charge in [0.2, 0.25) is 0 Å². The SMILES string of the molecule is CO[C@H]1CC[C@@H]1NC(=O)c1cnn2c(N(C)C(=O)OC(C)(C)C)cc(Cl)nc12. The average molecular weight is 410 g/mol. The van der Waals surface area contributed by atoms with Gasteiger partial charge in [0.25, 0.3) is 5.91 Å². The minimum absolute atomic E-state index is 0.0104. The molecule has 0 aliphatic heterocycles. The summed E-state index contributed by atoms with van der Waals surface area (Å²) in [5.74, 6) is 0.0177. The highest BCUT2D eigenvalue weighted by Crippen LogP contribution is 2.25. The molecule has 2 aromatic heterocycles. The number of nitrogens with zero attached hydrogens (tertiary/aromatic N) is 4. The fourth-order valence-electron chi connectivity index (χ4n) is 2.90. The third-order valence-corrected chi connectivity index (χ3v) is 4.70. The standard InChI is InChI=1S/C18H24ClN5O4/c1-18(2,3)28-17(26)23(4)14-8-13(19)22-15-10(9-20-24(14)15)16(25)21-11-6-7-12(11)27-5/h8-9,11-12H,6-7H2,1-5H3,(H,21,25)/t11-,12-/m0/s1. The molecule has 1 aliphatic carbocycles. The number of aromatic nitrogens is 3. The number of fused-ring (bicyclic) bond motifs is 1. The third kappa shape index (κ3) is 4.05. The highest BCUT2D eigenvalue weighted by atomic mass is 35.5. The van der Waals surface area contributed by atoms with Crippen molar-refractivity contribution in [2.75, 3.05) is 19.1 Å². The fourth-order valence-corrected chi connectivity index (χ4v) is 3.08. The average Bonchev–Trinajstić information content (AvgIpc) is 2.99. The van der Waals surface area contributed by atoms with Gasteiger partial charge in [-0.2, -0.15) is 9.61 Å². The van der Waals surface area contributed by atoms with Crippen molar-refractivity contribution in [2.45, 2.75) is 51.4 Å². The number of halogens is 1. The Bertz CT molecular complexity index is 905. The maximum absolute atomic E-state index is 12.7. The normalized spacial score (nSPS) is 19.2. The summed E-state index contributed by atoms with van der Waals surface area (Å²) in [7, 11) is 3.16. The lowest BCUT2D eigenvalue weighted by atomic mass is 9.89. The molecule has 0 spiro atoms. The fraction of sp³-hybridized carbons (Fsp3) is 0.556. The predicted octanol–water partition coefficient (Wildman–Crippen LogP) is 2.66. The first-order valence-electron chi connectivity index (χ1n) is 8.95. The number of anilines is 1. The molecule has 0 aromatic carbocycles. The lowest BCUT2D eigenvalue weighted by Crippen LogP contribution is -2.51. The molecule has 2 aromatic rings. The summed E-state index contributed by atoms with van der Waals surface area (Å²) < 4.78 is 12.1. The molecule has 2 heterocycles. The Morgan fingerprint density at radius 3 is 2.64 bits per heavy atom. The van der Waals surface area contributed by atoms with E-state index in [1.165, 1.54) is 28.7 Å². The maximum atomic E-state index is 12.7. The second kappa shape index (κ2) is 7.56. The molecule has 0 bridgehead atoms. The highest BCUT2D eigenvalue weighted by molar-refractivity contribution is 6.30.